The molecule has 3 saturated carbocycles. The van der Waals surface area contributed by atoms with Crippen molar-refractivity contribution in [1.29, 1.82) is 0 Å². The van der Waals surface area contributed by atoms with Crippen LogP contribution in [-0.2, 0) is 0 Å². The van der Waals surface area contributed by atoms with Gasteiger partial charge in [-0.05, 0) is 113 Å². The molecule has 33 heavy (non-hydrogen) atoms. The monoisotopic (exact) mass is 458 g/mol. The molecule has 0 heterocycles. The van der Waals surface area contributed by atoms with Gasteiger partial charge >= 0.3 is 0 Å². The Morgan fingerprint density at radius 1 is 1.18 bits per heavy atom. The Balaban J connectivity index is 1.65. The van der Waals surface area contributed by atoms with Gasteiger partial charge in [-0.25, -0.2) is 0 Å². The zero-order valence-corrected chi connectivity index (χ0v) is 21.8. The van der Waals surface area contributed by atoms with Gasteiger partial charge in [-0.2, -0.15) is 0 Å². The highest BCUT2D eigenvalue weighted by Gasteiger charge is 2.50. The molecule has 0 aromatic heterocycles. The van der Waals surface area contributed by atoms with E-state index in [-0.39, 0.29) is 18.6 Å². The summed E-state index contributed by atoms with van der Waals surface area (Å²) >= 11 is 0. The van der Waals surface area contributed by atoms with Gasteiger partial charge in [0.15, 0.2) is 0 Å². The standard InChI is InChI=1S/C30H50O3/c1-21(9-6-16-29(3,4)33)26-14-15-27-23(10-7-17-30(26,27)5)12-13-24-20-28(32)25(11-8-18-31)19-22(24)2/h12-13,21,25-28,31-33H,2,6-11,14-20H2,1,3-5H3/t21-,25-,26-,27?,28-,30-/m1/s1. The van der Waals surface area contributed by atoms with Crippen LogP contribution in [0.5, 0.6) is 0 Å². The zero-order chi connectivity index (χ0) is 24.2. The van der Waals surface area contributed by atoms with E-state index in [1.165, 1.54) is 49.7 Å². The number of aliphatic hydroxyl groups is 3. The summed E-state index contributed by atoms with van der Waals surface area (Å²) in [6.07, 6.45) is 17.2. The van der Waals surface area contributed by atoms with Crippen molar-refractivity contribution in [3.05, 3.63) is 35.5 Å². The molecule has 3 fully saturated rings. The SMILES string of the molecule is C=C1C[C@@H](CCCO)[C@H](O)CC1=CC=C1CCC[C@@]2(C)C1CC[C@@H]2[C@H](C)CCCC(C)(C)O. The lowest BCUT2D eigenvalue weighted by atomic mass is 9.60. The Morgan fingerprint density at radius 3 is 2.64 bits per heavy atom. The van der Waals surface area contributed by atoms with E-state index in [1.54, 1.807) is 5.57 Å². The topological polar surface area (TPSA) is 60.7 Å². The van der Waals surface area contributed by atoms with Gasteiger partial charge in [0, 0.05) is 6.61 Å². The minimum Gasteiger partial charge on any atom is -0.396 e. The third-order valence-corrected chi connectivity index (χ3v) is 9.34. The quantitative estimate of drug-likeness (QED) is 0.359. The van der Waals surface area contributed by atoms with Gasteiger partial charge in [-0.3, -0.25) is 0 Å². The molecule has 0 aromatic carbocycles. The number of hydrogen-bond donors (Lipinski definition) is 3. The highest BCUT2D eigenvalue weighted by atomic mass is 16.3. The van der Waals surface area contributed by atoms with Crippen LogP contribution in [0.25, 0.3) is 0 Å². The highest BCUT2D eigenvalue weighted by molar-refractivity contribution is 5.37. The highest BCUT2D eigenvalue weighted by Crippen LogP contribution is 2.60. The molecule has 3 aliphatic carbocycles. The fraction of sp³-hybridized carbons (Fsp3) is 0.800. The maximum Gasteiger partial charge on any atom is 0.0611 e. The van der Waals surface area contributed by atoms with Gasteiger partial charge in [0.25, 0.3) is 0 Å². The maximum absolute atomic E-state index is 10.6. The summed E-state index contributed by atoms with van der Waals surface area (Å²) in [6, 6.07) is 0. The van der Waals surface area contributed by atoms with E-state index < -0.39 is 5.60 Å². The van der Waals surface area contributed by atoms with Gasteiger partial charge in [0.2, 0.25) is 0 Å². The van der Waals surface area contributed by atoms with E-state index in [9.17, 15) is 10.2 Å². The number of aliphatic hydroxyl groups excluding tert-OH is 2. The number of rotatable bonds is 9. The van der Waals surface area contributed by atoms with Crippen molar-refractivity contribution in [3.8, 4) is 0 Å². The van der Waals surface area contributed by atoms with Crippen molar-refractivity contribution < 1.29 is 15.3 Å². The second-order valence-corrected chi connectivity index (χ2v) is 12.4. The second-order valence-electron chi connectivity index (χ2n) is 12.4. The van der Waals surface area contributed by atoms with Crippen molar-refractivity contribution in [2.45, 2.75) is 116 Å². The van der Waals surface area contributed by atoms with Crippen molar-refractivity contribution >= 4 is 0 Å². The molecule has 3 rings (SSSR count). The molecule has 6 atom stereocenters. The number of fused-ring (bicyclic) bond motifs is 1. The zero-order valence-electron chi connectivity index (χ0n) is 21.8. The van der Waals surface area contributed by atoms with E-state index in [4.69, 9.17) is 5.11 Å². The van der Waals surface area contributed by atoms with Gasteiger partial charge in [-0.15, -0.1) is 0 Å². The van der Waals surface area contributed by atoms with Crippen LogP contribution < -0.4 is 0 Å². The third-order valence-electron chi connectivity index (χ3n) is 9.34. The molecule has 0 radical (unpaired) electrons. The van der Waals surface area contributed by atoms with Crippen molar-refractivity contribution in [3.63, 3.8) is 0 Å². The Hall–Kier alpha value is -0.900. The van der Waals surface area contributed by atoms with Gasteiger partial charge in [-0.1, -0.05) is 56.6 Å². The Bertz CT molecular complexity index is 727. The van der Waals surface area contributed by atoms with Crippen LogP contribution in [0, 0.1) is 29.1 Å². The molecule has 3 N–H and O–H groups in total. The van der Waals surface area contributed by atoms with Crippen LogP contribution in [0.4, 0.5) is 0 Å². The molecular weight excluding hydrogens is 408 g/mol. The summed E-state index contributed by atoms with van der Waals surface area (Å²) in [7, 11) is 0. The number of allylic oxidation sites excluding steroid dienone is 4. The van der Waals surface area contributed by atoms with Crippen molar-refractivity contribution in [2.75, 3.05) is 6.61 Å². The lowest BCUT2D eigenvalue weighted by molar-refractivity contribution is 0.0596. The molecule has 0 bridgehead atoms. The van der Waals surface area contributed by atoms with E-state index in [2.05, 4.69) is 32.6 Å². The van der Waals surface area contributed by atoms with Crippen LogP contribution in [0.3, 0.4) is 0 Å². The lowest BCUT2D eigenvalue weighted by Crippen LogP contribution is -2.36. The van der Waals surface area contributed by atoms with Crippen LogP contribution in [0.15, 0.2) is 35.5 Å². The molecule has 0 spiro atoms. The smallest absolute Gasteiger partial charge is 0.0611 e. The predicted octanol–water partition coefficient (Wildman–Crippen LogP) is 6.73. The average Bonchev–Trinajstić information content (AvgIpc) is 3.09. The first-order valence-electron chi connectivity index (χ1n) is 13.6. The van der Waals surface area contributed by atoms with Gasteiger partial charge in [0.05, 0.1) is 11.7 Å². The lowest BCUT2D eigenvalue weighted by Gasteiger charge is -2.44. The summed E-state index contributed by atoms with van der Waals surface area (Å²) in [5.74, 6) is 2.41. The Morgan fingerprint density at radius 2 is 1.94 bits per heavy atom. The molecular formula is C30H50O3. The summed E-state index contributed by atoms with van der Waals surface area (Å²) in [6.45, 7) is 13.4. The minimum absolute atomic E-state index is 0.198. The summed E-state index contributed by atoms with van der Waals surface area (Å²) in [5, 5.41) is 29.8. The van der Waals surface area contributed by atoms with Gasteiger partial charge < -0.3 is 15.3 Å². The summed E-state index contributed by atoms with van der Waals surface area (Å²) < 4.78 is 0. The van der Waals surface area contributed by atoms with Crippen LogP contribution in [-0.4, -0.2) is 33.6 Å². The maximum atomic E-state index is 10.6. The Labute approximate surface area is 203 Å². The first kappa shape index (κ1) is 26.7. The molecule has 0 saturated heterocycles. The minimum atomic E-state index is -0.550. The van der Waals surface area contributed by atoms with E-state index >= 15 is 0 Å². The molecule has 188 valence electrons. The average molecular weight is 459 g/mol. The van der Waals surface area contributed by atoms with Gasteiger partial charge in [0.1, 0.15) is 0 Å². The van der Waals surface area contributed by atoms with E-state index in [0.717, 1.165) is 38.0 Å². The van der Waals surface area contributed by atoms with Crippen molar-refractivity contribution in [1.82, 2.24) is 0 Å². The fourth-order valence-corrected chi connectivity index (χ4v) is 7.43. The third kappa shape index (κ3) is 6.61. The molecule has 0 aliphatic heterocycles. The predicted molar refractivity (Wildman–Crippen MR) is 138 cm³/mol. The first-order valence-corrected chi connectivity index (χ1v) is 13.6. The normalized spacial score (nSPS) is 36.4. The molecule has 1 unspecified atom stereocenters. The molecule has 3 aliphatic rings. The number of hydrogen-bond acceptors (Lipinski definition) is 3. The van der Waals surface area contributed by atoms with Crippen LogP contribution in [0.1, 0.15) is 105 Å². The summed E-state index contributed by atoms with van der Waals surface area (Å²) in [4.78, 5) is 0. The largest absolute Gasteiger partial charge is 0.396 e. The van der Waals surface area contributed by atoms with E-state index in [1.807, 2.05) is 13.8 Å². The second kappa shape index (κ2) is 11.2. The fourth-order valence-electron chi connectivity index (χ4n) is 7.43. The van der Waals surface area contributed by atoms with Crippen LogP contribution >= 0.6 is 0 Å². The van der Waals surface area contributed by atoms with Crippen molar-refractivity contribution in [2.24, 2.45) is 29.1 Å². The molecule has 3 heteroatoms. The first-order chi connectivity index (χ1) is 15.5. The molecule has 3 nitrogen and oxygen atoms in total. The Kier molecular flexibility index (Phi) is 9.08. The molecule has 0 amide bonds. The van der Waals surface area contributed by atoms with E-state index in [0.29, 0.717) is 23.7 Å². The van der Waals surface area contributed by atoms with Crippen LogP contribution in [0.2, 0.25) is 0 Å². The molecule has 0 aromatic rings. The summed E-state index contributed by atoms with van der Waals surface area (Å²) in [5.41, 5.74) is 3.86.